The third-order valence-electron chi connectivity index (χ3n) is 5.14. The lowest BCUT2D eigenvalue weighted by Gasteiger charge is -2.29. The van der Waals surface area contributed by atoms with Gasteiger partial charge in [-0.1, -0.05) is 0 Å². The average Bonchev–Trinajstić information content (AvgIpc) is 2.85. The number of hydrogen-bond acceptors (Lipinski definition) is 3. The SMILES string of the molecule is CN1CCC[C@H](CCNC(=O)c2nn(C)c3c2CCCC3)C1. The summed E-state index contributed by atoms with van der Waals surface area (Å²) in [5.74, 6) is 0.736. The van der Waals surface area contributed by atoms with E-state index in [4.69, 9.17) is 0 Å². The molecular formula is C17H28N4O. The lowest BCUT2D eigenvalue weighted by Crippen LogP contribution is -2.34. The predicted molar refractivity (Wildman–Crippen MR) is 87.0 cm³/mol. The molecular weight excluding hydrogens is 276 g/mol. The Morgan fingerprint density at radius 2 is 2.09 bits per heavy atom. The minimum absolute atomic E-state index is 0.0166. The Labute approximate surface area is 133 Å². The number of carbonyl (C=O) groups excluding carboxylic acids is 1. The second-order valence-electron chi connectivity index (χ2n) is 6.92. The molecule has 1 saturated heterocycles. The zero-order chi connectivity index (χ0) is 15.5. The zero-order valence-corrected chi connectivity index (χ0v) is 13.9. The first-order valence-corrected chi connectivity index (χ1v) is 8.66. The summed E-state index contributed by atoms with van der Waals surface area (Å²) in [6, 6.07) is 0. The molecule has 2 aliphatic rings. The number of nitrogens with one attached hydrogen (secondary N) is 1. The number of nitrogens with zero attached hydrogens (tertiary/aromatic N) is 3. The second kappa shape index (κ2) is 6.82. The molecule has 0 unspecified atom stereocenters. The van der Waals surface area contributed by atoms with E-state index in [9.17, 15) is 4.79 Å². The number of aromatic nitrogens is 2. The molecule has 1 aromatic heterocycles. The van der Waals surface area contributed by atoms with Crippen LogP contribution < -0.4 is 5.32 Å². The van der Waals surface area contributed by atoms with E-state index in [1.165, 1.54) is 43.5 Å². The fourth-order valence-electron chi connectivity index (χ4n) is 3.94. The number of likely N-dealkylation sites (tertiary alicyclic amines) is 1. The monoisotopic (exact) mass is 304 g/mol. The van der Waals surface area contributed by atoms with E-state index in [0.717, 1.165) is 38.3 Å². The quantitative estimate of drug-likeness (QED) is 0.922. The molecule has 0 bridgehead atoms. The van der Waals surface area contributed by atoms with Crippen molar-refractivity contribution in [3.8, 4) is 0 Å². The Morgan fingerprint density at radius 1 is 1.27 bits per heavy atom. The minimum atomic E-state index is 0.0166. The van der Waals surface area contributed by atoms with Gasteiger partial charge in [-0.05, 0) is 64.5 Å². The van der Waals surface area contributed by atoms with E-state index in [1.54, 1.807) is 0 Å². The molecule has 5 nitrogen and oxygen atoms in total. The summed E-state index contributed by atoms with van der Waals surface area (Å²) < 4.78 is 1.90. The summed E-state index contributed by atoms with van der Waals surface area (Å²) in [6.07, 6.45) is 8.09. The number of carbonyl (C=O) groups is 1. The van der Waals surface area contributed by atoms with E-state index in [0.29, 0.717) is 5.69 Å². The molecule has 1 amide bonds. The Kier molecular flexibility index (Phi) is 4.81. The number of hydrogen-bond donors (Lipinski definition) is 1. The summed E-state index contributed by atoms with van der Waals surface area (Å²) >= 11 is 0. The zero-order valence-electron chi connectivity index (χ0n) is 13.9. The fourth-order valence-corrected chi connectivity index (χ4v) is 3.94. The van der Waals surface area contributed by atoms with Gasteiger partial charge in [0.1, 0.15) is 0 Å². The maximum Gasteiger partial charge on any atom is 0.272 e. The van der Waals surface area contributed by atoms with Crippen molar-refractivity contribution in [2.45, 2.75) is 44.9 Å². The van der Waals surface area contributed by atoms with Crippen LogP contribution in [0.2, 0.25) is 0 Å². The van der Waals surface area contributed by atoms with Gasteiger partial charge in [-0.25, -0.2) is 0 Å². The molecule has 1 aromatic rings. The van der Waals surface area contributed by atoms with Gasteiger partial charge >= 0.3 is 0 Å². The summed E-state index contributed by atoms with van der Waals surface area (Å²) in [7, 11) is 4.14. The van der Waals surface area contributed by atoms with Crippen LogP contribution in [0.1, 0.15) is 53.8 Å². The Hall–Kier alpha value is -1.36. The average molecular weight is 304 g/mol. The Bertz CT molecular complexity index is 537. The van der Waals surface area contributed by atoms with Crippen molar-refractivity contribution in [1.29, 1.82) is 0 Å². The number of aryl methyl sites for hydroxylation is 1. The number of rotatable bonds is 4. The molecule has 1 aliphatic heterocycles. The van der Waals surface area contributed by atoms with Gasteiger partial charge in [0.2, 0.25) is 0 Å². The van der Waals surface area contributed by atoms with Crippen molar-refractivity contribution in [3.05, 3.63) is 17.0 Å². The maximum absolute atomic E-state index is 12.4. The number of fused-ring (bicyclic) bond motifs is 1. The predicted octanol–water partition coefficient (Wildman–Crippen LogP) is 1.76. The largest absolute Gasteiger partial charge is 0.351 e. The fraction of sp³-hybridized carbons (Fsp3) is 0.765. The highest BCUT2D eigenvalue weighted by molar-refractivity contribution is 5.94. The van der Waals surface area contributed by atoms with Crippen LogP contribution in [0.3, 0.4) is 0 Å². The van der Waals surface area contributed by atoms with Gasteiger partial charge < -0.3 is 10.2 Å². The topological polar surface area (TPSA) is 50.2 Å². The van der Waals surface area contributed by atoms with Crippen molar-refractivity contribution < 1.29 is 4.79 Å². The normalized spacial score (nSPS) is 22.4. The van der Waals surface area contributed by atoms with E-state index < -0.39 is 0 Å². The second-order valence-corrected chi connectivity index (χ2v) is 6.92. The third-order valence-corrected chi connectivity index (χ3v) is 5.14. The van der Waals surface area contributed by atoms with Gasteiger partial charge in [-0.2, -0.15) is 5.10 Å². The highest BCUT2D eigenvalue weighted by Crippen LogP contribution is 2.24. The van der Waals surface area contributed by atoms with Gasteiger partial charge in [0.15, 0.2) is 5.69 Å². The molecule has 0 spiro atoms. The Balaban J connectivity index is 1.54. The molecule has 1 fully saturated rings. The third kappa shape index (κ3) is 3.35. The van der Waals surface area contributed by atoms with Gasteiger partial charge in [-0.15, -0.1) is 0 Å². The molecule has 0 radical (unpaired) electrons. The summed E-state index contributed by atoms with van der Waals surface area (Å²) in [5.41, 5.74) is 3.10. The van der Waals surface area contributed by atoms with Gasteiger partial charge in [0.25, 0.3) is 5.91 Å². The number of piperidine rings is 1. The molecule has 1 atom stereocenters. The summed E-state index contributed by atoms with van der Waals surface area (Å²) in [4.78, 5) is 14.8. The van der Waals surface area contributed by atoms with Crippen LogP contribution in [0.15, 0.2) is 0 Å². The first kappa shape index (κ1) is 15.5. The van der Waals surface area contributed by atoms with Crippen molar-refractivity contribution >= 4 is 5.91 Å². The lowest BCUT2D eigenvalue weighted by atomic mass is 9.94. The van der Waals surface area contributed by atoms with Crippen molar-refractivity contribution in [3.63, 3.8) is 0 Å². The molecule has 2 heterocycles. The van der Waals surface area contributed by atoms with Gasteiger partial charge in [0.05, 0.1) is 0 Å². The standard InChI is InChI=1S/C17H28N4O/c1-20-11-5-6-13(12-20)9-10-18-17(22)16-14-7-3-4-8-15(14)21(2)19-16/h13H,3-12H2,1-2H3,(H,18,22)/t13-/m1/s1. The van der Waals surface area contributed by atoms with E-state index in [-0.39, 0.29) is 5.91 Å². The first-order chi connectivity index (χ1) is 10.6. The maximum atomic E-state index is 12.4. The number of amides is 1. The molecule has 0 aromatic carbocycles. The summed E-state index contributed by atoms with van der Waals surface area (Å²) in [5, 5.41) is 7.56. The molecule has 22 heavy (non-hydrogen) atoms. The van der Waals surface area contributed by atoms with Crippen molar-refractivity contribution in [2.75, 3.05) is 26.7 Å². The van der Waals surface area contributed by atoms with Crippen LogP contribution in [0.5, 0.6) is 0 Å². The molecule has 5 heteroatoms. The minimum Gasteiger partial charge on any atom is -0.351 e. The molecule has 1 N–H and O–H groups in total. The molecule has 1 aliphatic carbocycles. The van der Waals surface area contributed by atoms with Crippen LogP contribution in [-0.4, -0.2) is 47.3 Å². The summed E-state index contributed by atoms with van der Waals surface area (Å²) in [6.45, 7) is 3.14. The highest BCUT2D eigenvalue weighted by atomic mass is 16.1. The van der Waals surface area contributed by atoms with Crippen molar-refractivity contribution in [2.24, 2.45) is 13.0 Å². The van der Waals surface area contributed by atoms with Crippen LogP contribution >= 0.6 is 0 Å². The van der Waals surface area contributed by atoms with E-state index in [1.807, 2.05) is 11.7 Å². The smallest absolute Gasteiger partial charge is 0.272 e. The Morgan fingerprint density at radius 3 is 2.91 bits per heavy atom. The van der Waals surface area contributed by atoms with Crippen LogP contribution in [0, 0.1) is 5.92 Å². The van der Waals surface area contributed by atoms with E-state index >= 15 is 0 Å². The van der Waals surface area contributed by atoms with Gasteiger partial charge in [-0.3, -0.25) is 9.48 Å². The van der Waals surface area contributed by atoms with Crippen LogP contribution in [-0.2, 0) is 19.9 Å². The first-order valence-electron chi connectivity index (χ1n) is 8.66. The molecule has 3 rings (SSSR count). The van der Waals surface area contributed by atoms with Crippen molar-refractivity contribution in [1.82, 2.24) is 20.0 Å². The lowest BCUT2D eigenvalue weighted by molar-refractivity contribution is 0.0941. The van der Waals surface area contributed by atoms with Crippen LogP contribution in [0.4, 0.5) is 0 Å². The molecule has 122 valence electrons. The molecule has 0 saturated carbocycles. The van der Waals surface area contributed by atoms with E-state index in [2.05, 4.69) is 22.4 Å². The van der Waals surface area contributed by atoms with Gasteiger partial charge in [0, 0.05) is 31.4 Å². The highest BCUT2D eigenvalue weighted by Gasteiger charge is 2.24. The van der Waals surface area contributed by atoms with Crippen LogP contribution in [0.25, 0.3) is 0 Å².